The molecule has 0 bridgehead atoms. The molecule has 1 unspecified atom stereocenters. The Balaban J connectivity index is 2.41. The molecule has 1 aliphatic heterocycles. The maximum absolute atomic E-state index is 11.8. The van der Waals surface area contributed by atoms with Gasteiger partial charge in [0.15, 0.2) is 0 Å². The number of aliphatic carboxylic acids is 1. The van der Waals surface area contributed by atoms with Crippen molar-refractivity contribution in [3.05, 3.63) is 0 Å². The zero-order valence-electron chi connectivity index (χ0n) is 11.7. The first-order valence-corrected chi connectivity index (χ1v) is 8.05. The lowest BCUT2D eigenvalue weighted by Gasteiger charge is -2.28. The van der Waals surface area contributed by atoms with E-state index in [4.69, 9.17) is 0 Å². The maximum atomic E-state index is 11.8. The van der Waals surface area contributed by atoms with Crippen LogP contribution in [0.4, 0.5) is 4.79 Å². The van der Waals surface area contributed by atoms with E-state index in [0.717, 1.165) is 24.3 Å². The number of rotatable bonds is 6. The maximum Gasteiger partial charge on any atom is 0.315 e. The van der Waals surface area contributed by atoms with E-state index in [2.05, 4.69) is 10.6 Å². The highest BCUT2D eigenvalue weighted by Gasteiger charge is 2.35. The Morgan fingerprint density at radius 3 is 2.53 bits per heavy atom. The van der Waals surface area contributed by atoms with Gasteiger partial charge in [0, 0.05) is 18.3 Å². The first kappa shape index (κ1) is 16.1. The number of hydrogen-bond donors (Lipinski definition) is 3. The van der Waals surface area contributed by atoms with E-state index in [1.807, 2.05) is 25.6 Å². The highest BCUT2D eigenvalue weighted by molar-refractivity contribution is 7.99. The van der Waals surface area contributed by atoms with E-state index < -0.39 is 11.4 Å². The van der Waals surface area contributed by atoms with Crippen LogP contribution in [0.5, 0.6) is 0 Å². The number of thioether (sulfide) groups is 1. The van der Waals surface area contributed by atoms with Gasteiger partial charge < -0.3 is 15.7 Å². The summed E-state index contributed by atoms with van der Waals surface area (Å²) in [6.07, 6.45) is 3.15. The predicted molar refractivity (Wildman–Crippen MR) is 77.5 cm³/mol. The number of carboxylic acid groups (broad SMARTS) is 1. The second-order valence-electron chi connectivity index (χ2n) is 5.03. The van der Waals surface area contributed by atoms with Crippen LogP contribution < -0.4 is 10.6 Å². The van der Waals surface area contributed by atoms with Gasteiger partial charge in [-0.15, -0.1) is 0 Å². The monoisotopic (exact) mass is 288 g/mol. The molecule has 0 saturated carbocycles. The summed E-state index contributed by atoms with van der Waals surface area (Å²) >= 11 is 1.85. The van der Waals surface area contributed by atoms with Gasteiger partial charge >= 0.3 is 12.0 Å². The lowest BCUT2D eigenvalue weighted by Crippen LogP contribution is -2.49. The number of nitrogens with one attached hydrogen (secondary N) is 2. The molecule has 1 heterocycles. The Bertz CT molecular complexity index is 313. The minimum Gasteiger partial charge on any atom is -0.481 e. The highest BCUT2D eigenvalue weighted by atomic mass is 32.2. The molecule has 0 aromatic heterocycles. The second-order valence-corrected chi connectivity index (χ2v) is 6.18. The quantitative estimate of drug-likeness (QED) is 0.699. The van der Waals surface area contributed by atoms with Gasteiger partial charge in [0.2, 0.25) is 0 Å². The lowest BCUT2D eigenvalue weighted by atomic mass is 9.82. The van der Waals surface area contributed by atoms with E-state index in [9.17, 15) is 14.7 Å². The molecule has 5 nitrogen and oxygen atoms in total. The summed E-state index contributed by atoms with van der Waals surface area (Å²) in [5.41, 5.74) is -0.849. The number of carbonyl (C=O) groups excluding carboxylic acids is 1. The molecule has 1 fully saturated rings. The average Bonchev–Trinajstić information content (AvgIpc) is 2.41. The molecule has 19 heavy (non-hydrogen) atoms. The van der Waals surface area contributed by atoms with Crippen molar-refractivity contribution in [2.75, 3.05) is 18.1 Å². The van der Waals surface area contributed by atoms with Gasteiger partial charge in [0.1, 0.15) is 0 Å². The van der Waals surface area contributed by atoms with Crippen LogP contribution in [0.2, 0.25) is 0 Å². The zero-order valence-corrected chi connectivity index (χ0v) is 12.5. The number of carboxylic acids is 1. The summed E-state index contributed by atoms with van der Waals surface area (Å²) in [5, 5.41) is 14.9. The molecule has 0 aliphatic carbocycles. The molecular weight excluding hydrogens is 264 g/mol. The molecular formula is C13H24N2O3S. The normalized spacial score (nSPS) is 19.8. The Morgan fingerprint density at radius 2 is 2.05 bits per heavy atom. The Hall–Kier alpha value is -0.910. The summed E-state index contributed by atoms with van der Waals surface area (Å²) in [6.45, 7) is 3.87. The van der Waals surface area contributed by atoms with Crippen molar-refractivity contribution in [2.24, 2.45) is 5.41 Å². The Kier molecular flexibility index (Phi) is 6.48. The van der Waals surface area contributed by atoms with Crippen molar-refractivity contribution in [3.63, 3.8) is 0 Å². The van der Waals surface area contributed by atoms with Crippen LogP contribution in [-0.2, 0) is 4.79 Å². The Morgan fingerprint density at radius 1 is 1.37 bits per heavy atom. The number of amides is 2. The molecule has 2 amide bonds. The molecule has 6 heteroatoms. The third kappa shape index (κ3) is 4.60. The second kappa shape index (κ2) is 7.62. The minimum absolute atomic E-state index is 0.182. The van der Waals surface area contributed by atoms with Gasteiger partial charge in [-0.05, 0) is 31.4 Å². The van der Waals surface area contributed by atoms with Crippen molar-refractivity contribution in [3.8, 4) is 0 Å². The molecule has 0 aromatic carbocycles. The summed E-state index contributed by atoms with van der Waals surface area (Å²) in [4.78, 5) is 23.1. The number of carbonyl (C=O) groups is 2. The van der Waals surface area contributed by atoms with E-state index in [-0.39, 0.29) is 18.6 Å². The van der Waals surface area contributed by atoms with Crippen LogP contribution in [0, 0.1) is 5.41 Å². The van der Waals surface area contributed by atoms with Gasteiger partial charge in [0.25, 0.3) is 0 Å². The molecule has 0 radical (unpaired) electrons. The first-order valence-electron chi connectivity index (χ1n) is 6.89. The SMILES string of the molecule is CCC(CC)(CNC(=O)NC1CCCSC1)C(=O)O. The minimum atomic E-state index is -0.849. The standard InChI is InChI=1S/C13H24N2O3S/c1-3-13(4-2,11(16)17)9-14-12(18)15-10-6-5-7-19-8-10/h10H,3-9H2,1-2H3,(H,16,17)(H2,14,15,18). The predicted octanol–water partition coefficient (Wildman–Crippen LogP) is 2.07. The molecule has 3 N–H and O–H groups in total. The molecule has 0 aromatic rings. The van der Waals surface area contributed by atoms with Crippen LogP contribution in [-0.4, -0.2) is 41.2 Å². The van der Waals surface area contributed by atoms with Crippen molar-refractivity contribution in [2.45, 2.75) is 45.6 Å². The van der Waals surface area contributed by atoms with E-state index >= 15 is 0 Å². The third-order valence-electron chi connectivity index (χ3n) is 3.89. The fourth-order valence-electron chi connectivity index (χ4n) is 2.22. The van der Waals surface area contributed by atoms with E-state index in [1.54, 1.807) is 0 Å². The van der Waals surface area contributed by atoms with Crippen LogP contribution >= 0.6 is 11.8 Å². The van der Waals surface area contributed by atoms with Crippen molar-refractivity contribution in [1.29, 1.82) is 0 Å². The third-order valence-corrected chi connectivity index (χ3v) is 5.11. The van der Waals surface area contributed by atoms with Crippen LogP contribution in [0.1, 0.15) is 39.5 Å². The molecule has 1 atom stereocenters. The van der Waals surface area contributed by atoms with E-state index in [0.29, 0.717) is 12.8 Å². The van der Waals surface area contributed by atoms with Gasteiger partial charge in [-0.25, -0.2) is 4.79 Å². The van der Waals surface area contributed by atoms with Crippen LogP contribution in [0.3, 0.4) is 0 Å². The highest BCUT2D eigenvalue weighted by Crippen LogP contribution is 2.25. The van der Waals surface area contributed by atoms with E-state index in [1.165, 1.54) is 0 Å². The summed E-state index contributed by atoms with van der Waals surface area (Å²) in [6, 6.07) is -0.0405. The van der Waals surface area contributed by atoms with Crippen LogP contribution in [0.25, 0.3) is 0 Å². The zero-order chi connectivity index (χ0) is 14.3. The first-order chi connectivity index (χ1) is 9.04. The summed E-state index contributed by atoms with van der Waals surface area (Å²) < 4.78 is 0. The summed E-state index contributed by atoms with van der Waals surface area (Å²) in [7, 11) is 0. The van der Waals surface area contributed by atoms with Gasteiger partial charge in [-0.2, -0.15) is 11.8 Å². The molecule has 1 saturated heterocycles. The van der Waals surface area contributed by atoms with Gasteiger partial charge in [0.05, 0.1) is 5.41 Å². The lowest BCUT2D eigenvalue weighted by molar-refractivity contribution is -0.149. The Labute approximate surface area is 118 Å². The fraction of sp³-hybridized carbons (Fsp3) is 0.846. The molecule has 0 spiro atoms. The topological polar surface area (TPSA) is 78.4 Å². The number of urea groups is 1. The van der Waals surface area contributed by atoms with Gasteiger partial charge in [-0.1, -0.05) is 13.8 Å². The summed E-state index contributed by atoms with van der Waals surface area (Å²) in [5.74, 6) is 1.26. The van der Waals surface area contributed by atoms with Crippen molar-refractivity contribution >= 4 is 23.8 Å². The van der Waals surface area contributed by atoms with Crippen molar-refractivity contribution in [1.82, 2.24) is 10.6 Å². The smallest absolute Gasteiger partial charge is 0.315 e. The largest absolute Gasteiger partial charge is 0.481 e. The van der Waals surface area contributed by atoms with Crippen molar-refractivity contribution < 1.29 is 14.7 Å². The van der Waals surface area contributed by atoms with Crippen LogP contribution in [0.15, 0.2) is 0 Å². The fourth-order valence-corrected chi connectivity index (χ4v) is 3.29. The molecule has 1 rings (SSSR count). The average molecular weight is 288 g/mol. The molecule has 1 aliphatic rings. The van der Waals surface area contributed by atoms with Gasteiger partial charge in [-0.3, -0.25) is 4.79 Å². The number of hydrogen-bond acceptors (Lipinski definition) is 3. The molecule has 110 valence electrons.